The molecule has 4 amide bonds. The van der Waals surface area contributed by atoms with Crippen LogP contribution in [0.4, 0.5) is 10.5 Å². The lowest BCUT2D eigenvalue weighted by Gasteiger charge is -2.26. The fourth-order valence-electron chi connectivity index (χ4n) is 4.13. The summed E-state index contributed by atoms with van der Waals surface area (Å²) in [6.07, 6.45) is 1.54. The Morgan fingerprint density at radius 1 is 0.879 bits per heavy atom. The second-order valence-corrected chi connectivity index (χ2v) is 8.75. The zero-order chi connectivity index (χ0) is 24.0. The molecule has 0 bridgehead atoms. The number of imide groups is 2. The third-order valence-corrected chi connectivity index (χ3v) is 6.29. The summed E-state index contributed by atoms with van der Waals surface area (Å²) in [6, 6.07) is 12.2. The van der Waals surface area contributed by atoms with Crippen molar-refractivity contribution in [3.8, 4) is 5.69 Å². The minimum atomic E-state index is -0.803. The normalized spacial score (nSPS) is 15.4. The number of hydrogen-bond donors (Lipinski definition) is 1. The van der Waals surface area contributed by atoms with E-state index in [0.717, 1.165) is 38.7 Å². The van der Waals surface area contributed by atoms with Gasteiger partial charge in [-0.15, -0.1) is 0 Å². The van der Waals surface area contributed by atoms with Gasteiger partial charge in [0.15, 0.2) is 0 Å². The summed E-state index contributed by atoms with van der Waals surface area (Å²) in [6.45, 7) is 9.83. The minimum absolute atomic E-state index is 0.118. The van der Waals surface area contributed by atoms with Gasteiger partial charge in [0.2, 0.25) is 0 Å². The van der Waals surface area contributed by atoms with Gasteiger partial charge in [-0.25, -0.2) is 9.69 Å². The third kappa shape index (κ3) is 3.98. The number of amides is 4. The maximum absolute atomic E-state index is 13.2. The van der Waals surface area contributed by atoms with E-state index in [9.17, 15) is 14.4 Å². The molecule has 168 valence electrons. The molecule has 33 heavy (non-hydrogen) atoms. The Labute approximate surface area is 197 Å². The molecule has 7 heteroatoms. The number of aryl methyl sites for hydroxylation is 4. The zero-order valence-electron chi connectivity index (χ0n) is 19.1. The summed E-state index contributed by atoms with van der Waals surface area (Å²) in [7, 11) is 0. The highest BCUT2D eigenvalue weighted by Crippen LogP contribution is 2.29. The van der Waals surface area contributed by atoms with Gasteiger partial charge in [0.1, 0.15) is 5.57 Å². The first kappa shape index (κ1) is 22.6. The number of aromatic nitrogens is 1. The van der Waals surface area contributed by atoms with Crippen LogP contribution in [0.25, 0.3) is 11.8 Å². The average Bonchev–Trinajstić information content (AvgIpc) is 3.01. The molecule has 2 aromatic carbocycles. The van der Waals surface area contributed by atoms with Crippen LogP contribution in [0.2, 0.25) is 5.02 Å². The molecule has 1 aliphatic heterocycles. The predicted molar refractivity (Wildman–Crippen MR) is 130 cm³/mol. The summed E-state index contributed by atoms with van der Waals surface area (Å²) in [5, 5.41) is 2.68. The molecule has 4 rings (SSSR count). The molecule has 0 spiro atoms. The molecule has 1 saturated heterocycles. The van der Waals surface area contributed by atoms with Gasteiger partial charge in [0, 0.05) is 22.1 Å². The molecule has 1 N–H and O–H groups in total. The van der Waals surface area contributed by atoms with Crippen LogP contribution in [0.1, 0.15) is 33.6 Å². The largest absolute Gasteiger partial charge is 0.335 e. The molecule has 1 fully saturated rings. The van der Waals surface area contributed by atoms with Gasteiger partial charge in [-0.2, -0.15) is 0 Å². The zero-order valence-corrected chi connectivity index (χ0v) is 19.9. The van der Waals surface area contributed by atoms with Gasteiger partial charge < -0.3 is 4.57 Å². The highest BCUT2D eigenvalue weighted by molar-refractivity contribution is 6.39. The number of anilines is 1. The Hall–Kier alpha value is -3.64. The maximum atomic E-state index is 13.2. The molecular formula is C26H24ClN3O3. The van der Waals surface area contributed by atoms with Crippen LogP contribution in [-0.4, -0.2) is 22.4 Å². The lowest BCUT2D eigenvalue weighted by molar-refractivity contribution is -0.122. The van der Waals surface area contributed by atoms with Gasteiger partial charge in [-0.1, -0.05) is 35.4 Å². The van der Waals surface area contributed by atoms with Gasteiger partial charge in [0.25, 0.3) is 11.8 Å². The van der Waals surface area contributed by atoms with Crippen molar-refractivity contribution in [3.05, 3.63) is 86.7 Å². The van der Waals surface area contributed by atoms with Crippen molar-refractivity contribution < 1.29 is 14.4 Å². The van der Waals surface area contributed by atoms with Crippen LogP contribution < -0.4 is 10.2 Å². The molecule has 0 unspecified atom stereocenters. The first-order chi connectivity index (χ1) is 15.6. The van der Waals surface area contributed by atoms with Gasteiger partial charge in [0.05, 0.1) is 5.69 Å². The van der Waals surface area contributed by atoms with Crippen LogP contribution in [0, 0.1) is 34.6 Å². The first-order valence-electron chi connectivity index (χ1n) is 10.5. The Bertz CT molecular complexity index is 1370. The number of rotatable bonds is 3. The number of nitrogens with zero attached hydrogens (tertiary/aromatic N) is 2. The number of carbonyl (C=O) groups is 3. The highest BCUT2D eigenvalue weighted by atomic mass is 35.5. The number of benzene rings is 2. The Morgan fingerprint density at radius 3 is 2.27 bits per heavy atom. The van der Waals surface area contributed by atoms with Crippen molar-refractivity contribution in [2.75, 3.05) is 4.90 Å². The van der Waals surface area contributed by atoms with E-state index >= 15 is 0 Å². The minimum Gasteiger partial charge on any atom is -0.318 e. The molecule has 3 aromatic rings. The van der Waals surface area contributed by atoms with E-state index in [2.05, 4.69) is 22.0 Å². The summed E-state index contributed by atoms with van der Waals surface area (Å²) >= 11 is 6.19. The summed E-state index contributed by atoms with van der Waals surface area (Å²) in [5.74, 6) is -1.42. The number of barbiturate groups is 1. The Kier molecular flexibility index (Phi) is 5.72. The SMILES string of the molecule is Cc1ccc(-n2c(C)cc(/C=C3/C(=O)NC(=O)N(c4ccc(C)c(Cl)c4)C3=O)c2C)c(C)c1. The quantitative estimate of drug-likeness (QED) is 0.422. The fourth-order valence-corrected chi connectivity index (χ4v) is 4.30. The predicted octanol–water partition coefficient (Wildman–Crippen LogP) is 5.34. The van der Waals surface area contributed by atoms with Crippen LogP contribution in [-0.2, 0) is 9.59 Å². The monoisotopic (exact) mass is 461 g/mol. The lowest BCUT2D eigenvalue weighted by atomic mass is 10.1. The van der Waals surface area contributed by atoms with Crippen LogP contribution >= 0.6 is 11.6 Å². The van der Waals surface area contributed by atoms with E-state index in [-0.39, 0.29) is 5.57 Å². The Morgan fingerprint density at radius 2 is 1.61 bits per heavy atom. The molecule has 6 nitrogen and oxygen atoms in total. The molecule has 0 saturated carbocycles. The van der Waals surface area contributed by atoms with Crippen molar-refractivity contribution in [1.82, 2.24) is 9.88 Å². The molecule has 0 radical (unpaired) electrons. The molecule has 1 aliphatic rings. The maximum Gasteiger partial charge on any atom is 0.335 e. The van der Waals surface area contributed by atoms with E-state index in [4.69, 9.17) is 11.6 Å². The van der Waals surface area contributed by atoms with Crippen LogP contribution in [0.15, 0.2) is 48.0 Å². The standard InChI is InChI=1S/C26H24ClN3O3/c1-14-6-9-23(16(3)10-14)29-17(4)11-19(18(29)5)12-21-24(31)28-26(33)30(25(21)32)20-8-7-15(2)22(27)13-20/h6-13H,1-5H3,(H,28,31,33)/b21-12-. The third-order valence-electron chi connectivity index (χ3n) is 5.88. The molecule has 0 aliphatic carbocycles. The molecular weight excluding hydrogens is 438 g/mol. The molecule has 2 heterocycles. The second-order valence-electron chi connectivity index (χ2n) is 8.34. The van der Waals surface area contributed by atoms with Crippen molar-refractivity contribution in [2.24, 2.45) is 0 Å². The van der Waals surface area contributed by atoms with Crippen molar-refractivity contribution in [2.45, 2.75) is 34.6 Å². The molecule has 0 atom stereocenters. The fraction of sp³-hybridized carbons (Fsp3) is 0.192. The van der Waals surface area contributed by atoms with E-state index < -0.39 is 17.8 Å². The lowest BCUT2D eigenvalue weighted by Crippen LogP contribution is -2.54. The van der Waals surface area contributed by atoms with Gasteiger partial charge >= 0.3 is 6.03 Å². The van der Waals surface area contributed by atoms with Crippen LogP contribution in [0.3, 0.4) is 0 Å². The van der Waals surface area contributed by atoms with Gasteiger partial charge in [-0.05, 0) is 81.7 Å². The number of nitrogens with one attached hydrogen (secondary N) is 1. The van der Waals surface area contributed by atoms with Crippen molar-refractivity contribution in [1.29, 1.82) is 0 Å². The van der Waals surface area contributed by atoms with E-state index in [0.29, 0.717) is 10.7 Å². The first-order valence-corrected chi connectivity index (χ1v) is 10.9. The number of urea groups is 1. The topological polar surface area (TPSA) is 71.4 Å². The van der Waals surface area contributed by atoms with Crippen molar-refractivity contribution >= 4 is 41.2 Å². The van der Waals surface area contributed by atoms with E-state index in [1.807, 2.05) is 46.8 Å². The highest BCUT2D eigenvalue weighted by Gasteiger charge is 2.37. The Balaban J connectivity index is 1.78. The number of halogens is 1. The smallest absolute Gasteiger partial charge is 0.318 e. The summed E-state index contributed by atoms with van der Waals surface area (Å²) < 4.78 is 2.09. The second kappa shape index (κ2) is 8.37. The summed E-state index contributed by atoms with van der Waals surface area (Å²) in [4.78, 5) is 39.3. The number of hydrogen-bond acceptors (Lipinski definition) is 3. The van der Waals surface area contributed by atoms with Crippen LogP contribution in [0.5, 0.6) is 0 Å². The number of carbonyl (C=O) groups excluding carboxylic acids is 3. The van der Waals surface area contributed by atoms with Gasteiger partial charge in [-0.3, -0.25) is 14.9 Å². The average molecular weight is 462 g/mol. The van der Waals surface area contributed by atoms with Crippen molar-refractivity contribution in [3.63, 3.8) is 0 Å². The summed E-state index contributed by atoms with van der Waals surface area (Å²) in [5.41, 5.74) is 6.90. The van der Waals surface area contributed by atoms with E-state index in [1.54, 1.807) is 12.1 Å². The molecule has 1 aromatic heterocycles. The van der Waals surface area contributed by atoms with E-state index in [1.165, 1.54) is 17.7 Å².